The van der Waals surface area contributed by atoms with Crippen LogP contribution in [0.15, 0.2) is 0 Å². The van der Waals surface area contributed by atoms with Crippen LogP contribution in [-0.4, -0.2) is 103 Å². The van der Waals surface area contributed by atoms with Crippen LogP contribution in [0.25, 0.3) is 0 Å². The number of hydrogen-bond acceptors (Lipinski definition) is 5. The highest BCUT2D eigenvalue weighted by Gasteiger charge is 1.99. The van der Waals surface area contributed by atoms with E-state index < -0.39 is 0 Å². The van der Waals surface area contributed by atoms with E-state index in [1.54, 1.807) is 0 Å². The molecule has 18 heavy (non-hydrogen) atoms. The number of rotatable bonds is 12. The Kier molecular flexibility index (Phi) is 11.7. The van der Waals surface area contributed by atoms with E-state index in [4.69, 9.17) is 9.47 Å². The fourth-order valence-electron chi connectivity index (χ4n) is 1.25. The molecule has 0 saturated heterocycles. The third-order valence-electron chi connectivity index (χ3n) is 2.60. The zero-order chi connectivity index (χ0) is 13.8. The van der Waals surface area contributed by atoms with Crippen LogP contribution in [0.1, 0.15) is 0 Å². The molecule has 0 aliphatic rings. The van der Waals surface area contributed by atoms with Crippen molar-refractivity contribution in [1.82, 2.24) is 14.7 Å². The third-order valence-corrected chi connectivity index (χ3v) is 2.60. The van der Waals surface area contributed by atoms with Crippen LogP contribution < -0.4 is 0 Å². The predicted molar refractivity (Wildman–Crippen MR) is 76.2 cm³/mol. The lowest BCUT2D eigenvalue weighted by molar-refractivity contribution is 0.0744. The summed E-state index contributed by atoms with van der Waals surface area (Å²) >= 11 is 0. The summed E-state index contributed by atoms with van der Waals surface area (Å²) in [5, 5.41) is 0. The first-order valence-electron chi connectivity index (χ1n) is 6.66. The first kappa shape index (κ1) is 17.8. The standard InChI is InChI=1S/C13H31N3O2/c1-14(2)6-10-17-12-8-16(5)9-13-18-11-7-15(3)4/h6-13H2,1-5H3. The smallest absolute Gasteiger partial charge is 0.0594 e. The molecule has 0 aliphatic carbocycles. The van der Waals surface area contributed by atoms with Gasteiger partial charge in [0, 0.05) is 26.2 Å². The zero-order valence-corrected chi connectivity index (χ0v) is 12.8. The second-order valence-corrected chi connectivity index (χ2v) is 5.13. The molecule has 0 heterocycles. The summed E-state index contributed by atoms with van der Waals surface area (Å²) in [5.41, 5.74) is 0. The van der Waals surface area contributed by atoms with Gasteiger partial charge in [-0.05, 0) is 35.2 Å². The second kappa shape index (κ2) is 11.9. The molecule has 0 rings (SSSR count). The first-order valence-corrected chi connectivity index (χ1v) is 6.66. The topological polar surface area (TPSA) is 28.2 Å². The van der Waals surface area contributed by atoms with Crippen molar-refractivity contribution in [2.45, 2.75) is 0 Å². The van der Waals surface area contributed by atoms with Crippen LogP contribution in [0.4, 0.5) is 0 Å². The normalized spacial score (nSPS) is 12.0. The van der Waals surface area contributed by atoms with E-state index in [9.17, 15) is 0 Å². The second-order valence-electron chi connectivity index (χ2n) is 5.13. The van der Waals surface area contributed by atoms with Gasteiger partial charge in [-0.1, -0.05) is 0 Å². The monoisotopic (exact) mass is 261 g/mol. The van der Waals surface area contributed by atoms with Gasteiger partial charge in [0.05, 0.1) is 26.4 Å². The van der Waals surface area contributed by atoms with Crippen molar-refractivity contribution in [3.8, 4) is 0 Å². The molecular formula is C13H31N3O2. The van der Waals surface area contributed by atoms with Gasteiger partial charge in [0.25, 0.3) is 0 Å². The van der Waals surface area contributed by atoms with Crippen LogP contribution in [0.5, 0.6) is 0 Å². The largest absolute Gasteiger partial charge is 0.379 e. The minimum atomic E-state index is 0.794. The van der Waals surface area contributed by atoms with Gasteiger partial charge in [0.15, 0.2) is 0 Å². The third kappa shape index (κ3) is 13.9. The Morgan fingerprint density at radius 3 is 1.22 bits per heavy atom. The molecule has 0 aliphatic heterocycles. The van der Waals surface area contributed by atoms with Gasteiger partial charge in [-0.3, -0.25) is 0 Å². The fraction of sp³-hybridized carbons (Fsp3) is 1.00. The molecule has 0 amide bonds. The molecule has 0 aromatic heterocycles. The lowest BCUT2D eigenvalue weighted by Gasteiger charge is -2.17. The Morgan fingerprint density at radius 2 is 0.889 bits per heavy atom. The molecule has 0 aromatic rings. The van der Waals surface area contributed by atoms with Crippen molar-refractivity contribution < 1.29 is 9.47 Å². The lowest BCUT2D eigenvalue weighted by atomic mass is 10.5. The van der Waals surface area contributed by atoms with Crippen molar-refractivity contribution in [3.05, 3.63) is 0 Å². The summed E-state index contributed by atoms with van der Waals surface area (Å²) in [6.07, 6.45) is 0. The molecule has 0 radical (unpaired) electrons. The molecule has 0 fully saturated rings. The van der Waals surface area contributed by atoms with Crippen LogP contribution in [0.3, 0.4) is 0 Å². The van der Waals surface area contributed by atoms with Gasteiger partial charge in [-0.15, -0.1) is 0 Å². The van der Waals surface area contributed by atoms with Gasteiger partial charge in [0.1, 0.15) is 0 Å². The highest BCUT2D eigenvalue weighted by atomic mass is 16.5. The minimum Gasteiger partial charge on any atom is -0.379 e. The lowest BCUT2D eigenvalue weighted by Crippen LogP contribution is -2.29. The molecule has 0 atom stereocenters. The molecular weight excluding hydrogens is 230 g/mol. The average molecular weight is 261 g/mol. The maximum atomic E-state index is 5.54. The number of nitrogens with zero attached hydrogens (tertiary/aromatic N) is 3. The predicted octanol–water partition coefficient (Wildman–Crippen LogP) is 0.0746. The van der Waals surface area contributed by atoms with Gasteiger partial charge in [-0.25, -0.2) is 0 Å². The average Bonchev–Trinajstić information content (AvgIpc) is 2.27. The SMILES string of the molecule is CN(C)CCOCCN(C)CCOCCN(C)C. The molecule has 0 saturated carbocycles. The van der Waals surface area contributed by atoms with E-state index in [1.807, 2.05) is 0 Å². The summed E-state index contributed by atoms with van der Waals surface area (Å²) in [6, 6.07) is 0. The Hall–Kier alpha value is -0.200. The number of ether oxygens (including phenoxy) is 2. The maximum absolute atomic E-state index is 5.54. The Balaban J connectivity index is 3.19. The summed E-state index contributed by atoms with van der Waals surface area (Å²) in [6.45, 7) is 7.09. The fourth-order valence-corrected chi connectivity index (χ4v) is 1.25. The summed E-state index contributed by atoms with van der Waals surface area (Å²) in [4.78, 5) is 6.50. The van der Waals surface area contributed by atoms with Gasteiger partial charge in [-0.2, -0.15) is 0 Å². The van der Waals surface area contributed by atoms with Crippen LogP contribution in [-0.2, 0) is 9.47 Å². The minimum absolute atomic E-state index is 0.794. The van der Waals surface area contributed by atoms with Crippen LogP contribution in [0.2, 0.25) is 0 Å². The molecule has 5 nitrogen and oxygen atoms in total. The molecule has 0 aromatic carbocycles. The van der Waals surface area contributed by atoms with Crippen molar-refractivity contribution in [3.63, 3.8) is 0 Å². The Labute approximate surface area is 113 Å². The Morgan fingerprint density at radius 1 is 0.556 bits per heavy atom. The highest BCUT2D eigenvalue weighted by molar-refractivity contribution is 4.50. The van der Waals surface area contributed by atoms with Crippen LogP contribution >= 0.6 is 0 Å². The summed E-state index contributed by atoms with van der Waals surface area (Å²) < 4.78 is 11.1. The van der Waals surface area contributed by atoms with Crippen molar-refractivity contribution >= 4 is 0 Å². The highest BCUT2D eigenvalue weighted by Crippen LogP contribution is 1.86. The first-order chi connectivity index (χ1) is 8.52. The zero-order valence-electron chi connectivity index (χ0n) is 12.8. The Bertz CT molecular complexity index is 160. The van der Waals surface area contributed by atoms with Crippen molar-refractivity contribution in [1.29, 1.82) is 0 Å². The van der Waals surface area contributed by atoms with Crippen molar-refractivity contribution in [2.75, 3.05) is 87.8 Å². The van der Waals surface area contributed by atoms with E-state index in [-0.39, 0.29) is 0 Å². The summed E-state index contributed by atoms with van der Waals surface area (Å²) in [5.74, 6) is 0. The molecule has 0 bridgehead atoms. The van der Waals surface area contributed by atoms with Gasteiger partial charge in [0.2, 0.25) is 0 Å². The van der Waals surface area contributed by atoms with E-state index in [2.05, 4.69) is 49.9 Å². The summed E-state index contributed by atoms with van der Waals surface area (Å²) in [7, 11) is 10.3. The quantitative estimate of drug-likeness (QED) is 0.464. The molecule has 0 N–H and O–H groups in total. The van der Waals surface area contributed by atoms with E-state index >= 15 is 0 Å². The van der Waals surface area contributed by atoms with E-state index in [0.717, 1.165) is 52.6 Å². The molecule has 0 spiro atoms. The number of likely N-dealkylation sites (N-methyl/N-ethyl adjacent to an activating group) is 3. The number of hydrogen-bond donors (Lipinski definition) is 0. The van der Waals surface area contributed by atoms with Crippen LogP contribution in [0, 0.1) is 0 Å². The van der Waals surface area contributed by atoms with E-state index in [1.165, 1.54) is 0 Å². The van der Waals surface area contributed by atoms with Crippen molar-refractivity contribution in [2.24, 2.45) is 0 Å². The van der Waals surface area contributed by atoms with E-state index in [0.29, 0.717) is 0 Å². The van der Waals surface area contributed by atoms with Gasteiger partial charge >= 0.3 is 0 Å². The molecule has 0 unspecified atom stereocenters. The molecule has 110 valence electrons. The molecule has 5 heteroatoms. The van der Waals surface area contributed by atoms with Gasteiger partial charge < -0.3 is 24.2 Å². The maximum Gasteiger partial charge on any atom is 0.0594 e.